The molecule has 0 amide bonds. The number of rotatable bonds is 19. The van der Waals surface area contributed by atoms with Crippen molar-refractivity contribution in [2.24, 2.45) is 167 Å². The van der Waals surface area contributed by atoms with E-state index in [-0.39, 0.29) is 162 Å². The lowest BCUT2D eigenvalue weighted by Crippen LogP contribution is -2.50. The number of ketones is 6. The Labute approximate surface area is 866 Å². The number of aliphatic hydroxyl groups excluding tert-OH is 5. The zero-order valence-electron chi connectivity index (χ0n) is 91.0. The fourth-order valence-corrected chi connectivity index (χ4v) is 36.0. The van der Waals surface area contributed by atoms with Gasteiger partial charge in [0.15, 0.2) is 0 Å². The summed E-state index contributed by atoms with van der Waals surface area (Å²) >= 11 is 1.71. The van der Waals surface area contributed by atoms with Gasteiger partial charge < -0.3 is 58.9 Å². The number of hydrogen-bond acceptors (Lipinski definition) is 25. The van der Waals surface area contributed by atoms with E-state index in [0.29, 0.717) is 126 Å². The van der Waals surface area contributed by atoms with Crippen LogP contribution in [0.1, 0.15) is 392 Å². The van der Waals surface area contributed by atoms with E-state index in [4.69, 9.17) is 54.0 Å². The third-order valence-corrected chi connectivity index (χ3v) is 44.7. The second-order valence-electron chi connectivity index (χ2n) is 53.5. The van der Waals surface area contributed by atoms with Crippen LogP contribution in [0.2, 0.25) is 0 Å². The molecule has 19 aliphatic carbocycles. The van der Waals surface area contributed by atoms with Gasteiger partial charge in [0.05, 0.1) is 5.75 Å². The lowest BCUT2D eigenvalue weighted by atomic mass is 9.53. The first-order valence-corrected chi connectivity index (χ1v) is 58.6. The van der Waals surface area contributed by atoms with Crippen molar-refractivity contribution in [2.45, 2.75) is 428 Å². The number of hydrogen-bond donors (Lipinski definition) is 5. The highest BCUT2D eigenvalue weighted by molar-refractivity contribution is 7.99. The van der Waals surface area contributed by atoms with Gasteiger partial charge in [-0.25, -0.2) is 24.0 Å². The van der Waals surface area contributed by atoms with Crippen LogP contribution in [0, 0.1) is 167 Å². The summed E-state index contributed by atoms with van der Waals surface area (Å²) in [6.07, 6.45) is 46.2. The molecule has 19 rings (SSSR count). The second kappa shape index (κ2) is 47.1. The smallest absolute Gasteiger partial charge is 0.332 e. The number of carbonyl (C=O) groups excluding carboxylic acids is 12. The number of carbonyl (C=O) groups is 12. The summed E-state index contributed by atoms with van der Waals surface area (Å²) in [5.41, 5.74) is 2.53. The number of thioether (sulfide) groups is 1. The summed E-state index contributed by atoms with van der Waals surface area (Å²) < 4.78 is 34.3. The Morgan fingerprint density at radius 3 is 0.917 bits per heavy atom. The van der Waals surface area contributed by atoms with Gasteiger partial charge >= 0.3 is 35.8 Å². The Hall–Kier alpha value is -5.31. The first kappa shape index (κ1) is 114. The summed E-state index contributed by atoms with van der Waals surface area (Å²) in [7, 11) is 4.22. The van der Waals surface area contributed by atoms with Crippen LogP contribution >= 0.6 is 11.8 Å². The molecule has 0 heterocycles. The highest BCUT2D eigenvalue weighted by atomic mass is 32.2. The maximum absolute atomic E-state index is 13.0. The minimum atomic E-state index is -0.602. The summed E-state index contributed by atoms with van der Waals surface area (Å²) in [4.78, 5) is 150. The Bertz CT molecular complexity index is 4350. The van der Waals surface area contributed by atoms with Gasteiger partial charge in [-0.05, 0) is 334 Å². The van der Waals surface area contributed by atoms with Crippen LogP contribution in [0.25, 0.3) is 0 Å². The number of ether oxygens (including phenoxy) is 6. The number of unbranched alkanes of at least 4 members (excludes halogenated alkanes) is 2. The minimum Gasteiger partial charge on any atom is -0.461 e. The van der Waals surface area contributed by atoms with E-state index in [0.717, 1.165) is 230 Å². The molecule has 0 aromatic heterocycles. The van der Waals surface area contributed by atoms with E-state index in [9.17, 15) is 57.5 Å². The third-order valence-electron chi connectivity index (χ3n) is 43.7. The van der Waals surface area contributed by atoms with Gasteiger partial charge in [0.25, 0.3) is 0 Å². The highest BCUT2D eigenvalue weighted by Crippen LogP contribution is 2.70. The fourth-order valence-electron chi connectivity index (χ4n) is 35.2. The molecule has 31 atom stereocenters. The Kier molecular flexibility index (Phi) is 37.4. The van der Waals surface area contributed by atoms with Crippen LogP contribution in [0.3, 0.4) is 0 Å². The largest absolute Gasteiger partial charge is 0.461 e. The molecule has 812 valence electrons. The van der Waals surface area contributed by atoms with Crippen LogP contribution in [-0.2, 0) is 86.0 Å². The average molecular weight is 2030 g/mol. The molecule has 1 spiro atoms. The van der Waals surface area contributed by atoms with Crippen LogP contribution in [0.4, 0.5) is 0 Å². The molecule has 0 radical (unpaired) electrons. The molecular weight excluding hydrogens is 1840 g/mol. The highest BCUT2D eigenvalue weighted by Gasteiger charge is 2.67. The summed E-state index contributed by atoms with van der Waals surface area (Å²) in [6, 6.07) is 0. The molecule has 24 nitrogen and oxygen atoms in total. The predicted molar refractivity (Wildman–Crippen MR) is 551 cm³/mol. The van der Waals surface area contributed by atoms with Crippen LogP contribution in [0.5, 0.6) is 0 Å². The van der Waals surface area contributed by atoms with Crippen molar-refractivity contribution in [2.75, 3.05) is 65.2 Å². The van der Waals surface area contributed by atoms with Crippen molar-refractivity contribution in [3.05, 3.63) is 12.2 Å². The molecule has 0 saturated heterocycles. The van der Waals surface area contributed by atoms with Gasteiger partial charge in [-0.15, -0.1) is 0 Å². The fraction of sp³-hybridized carbons (Fsp3) is 0.882. The van der Waals surface area contributed by atoms with E-state index >= 15 is 0 Å². The average Bonchev–Trinajstić information content (AvgIpc) is 1.55. The van der Waals surface area contributed by atoms with Crippen molar-refractivity contribution in [1.29, 1.82) is 0 Å². The van der Waals surface area contributed by atoms with Crippen molar-refractivity contribution < 1.29 is 111 Å². The lowest BCUT2D eigenvalue weighted by molar-refractivity contribution is -0.168. The first-order valence-electron chi connectivity index (χ1n) is 57.4. The summed E-state index contributed by atoms with van der Waals surface area (Å²) in [6.45, 7) is 32.1. The van der Waals surface area contributed by atoms with E-state index < -0.39 is 62.9 Å². The van der Waals surface area contributed by atoms with E-state index in [1.807, 2.05) is 0 Å². The molecule has 25 heteroatoms. The topological polar surface area (TPSA) is 365 Å². The number of Topliss-reactive ketones (excluding diaryl/α,β-unsaturated/α-hetero) is 6. The maximum atomic E-state index is 13.0. The van der Waals surface area contributed by atoms with Gasteiger partial charge in [0.2, 0.25) is 0 Å². The quantitative estimate of drug-likeness (QED) is 0.0347. The van der Waals surface area contributed by atoms with E-state index in [1.54, 1.807) is 11.8 Å². The van der Waals surface area contributed by atoms with E-state index in [2.05, 4.69) is 116 Å². The molecular formula is C119H187NO23S. The summed E-state index contributed by atoms with van der Waals surface area (Å²) in [5.74, 6) is 5.86. The molecule has 19 fully saturated rings. The molecule has 19 unspecified atom stereocenters. The predicted octanol–water partition coefficient (Wildman–Crippen LogP) is 20.0. The molecule has 19 saturated carbocycles. The van der Waals surface area contributed by atoms with Gasteiger partial charge in [-0.2, -0.15) is 11.8 Å². The van der Waals surface area contributed by atoms with E-state index in [1.165, 1.54) is 51.4 Å². The SMILES string of the molecule is C=C1C[C@@H](OC(=O)CO)C2CCCC3(CCC(=O)C23)C[C@@H]1C.CC1C[C@@H](OC(=O)CO)C2CCCC3(CCC(=O)C23)C[C@@H]1C.C[C@H]1CC23CCCC(C2C(=O)CC3)[C@@H](OC(=O)CO)CC1(C)C.C[C@H]1CC23CCCC(C2C(=O)CC3)[C@H](OC(=O)CO)CC1(C)C.C[C@H]1CC23CCCC(C2C(=O)CC3)[C@H](OC(=O)CO)CC12CC2.C[C@H]1CC23CCCC(C2C(=O)CC3)[C@H](OC(=O)CSCCCCCN(C)C)CC1(C)C. The van der Waals surface area contributed by atoms with Crippen LogP contribution < -0.4 is 0 Å². The molecule has 0 aromatic carbocycles. The first-order chi connectivity index (χ1) is 68.1. The van der Waals surface area contributed by atoms with Crippen LogP contribution in [-0.4, -0.2) is 203 Å². The molecule has 144 heavy (non-hydrogen) atoms. The summed E-state index contributed by atoms with van der Waals surface area (Å²) in [5, 5.41) is 45.3. The Balaban J connectivity index is 0.000000137. The zero-order chi connectivity index (χ0) is 104. The standard InChI is InChI=1S/C26H45NO3S.C19H28O4.2C19H30O4.C18H28O4.C18H26O4/c1-19-16-26-12-9-10-20(24(26)21(28)11-13-26)22(17-25(19,2)3)30-23(29)18-31-15-8-6-7-14-27(4)5;1-12-9-19-5-2-3-13(17(19)14(21)4-6-19)15(23-16(22)11-20)10-18(12)7-8-18;2*1-12-9-19-7-4-5-13(17(19)14(21)6-8-19)15(10-18(12,2)3)23-16(22)11-20;2*1-11-8-15(22-16(21)10-19)13-4-3-6-18(9-12(11)2)7-5-14(20)17(13)18/h19-20,22,24H,6-18H2,1-5H3;12-13,15,17,20H,2-11H2,1H3;2*12-13,15,17,20H,4-11H2,1-3H3;11-13,15,17,19H,3-10H2,1-2H3;12-13,15,17,19H,1,3-10H2,2H3/t19-,20?,22+,24?,26?;2*12-,13?,15+,17?,19?;12-,13?,15-,17?,19?;11?,12-,13?,15+,17?,18?;12-,13?,15+,17?,18?/m000000/s1. The molecule has 0 aromatic rings. The van der Waals surface area contributed by atoms with Crippen molar-refractivity contribution in [1.82, 2.24) is 4.90 Å². The normalized spacial score (nSPS) is 41.4. The number of esters is 6. The zero-order valence-corrected chi connectivity index (χ0v) is 91.8. The Morgan fingerprint density at radius 2 is 0.597 bits per heavy atom. The van der Waals surface area contributed by atoms with Gasteiger partial charge in [-0.3, -0.25) is 33.6 Å². The van der Waals surface area contributed by atoms with Gasteiger partial charge in [0, 0.05) is 116 Å². The Morgan fingerprint density at radius 1 is 0.319 bits per heavy atom. The van der Waals surface area contributed by atoms with Crippen LogP contribution in [0.15, 0.2) is 12.2 Å². The molecule has 5 N–H and O–H groups in total. The molecule has 19 aliphatic rings. The second-order valence-corrected chi connectivity index (χ2v) is 54.6. The molecule has 0 aliphatic heterocycles. The number of nitrogens with zero attached hydrogens (tertiary/aromatic N) is 1. The number of aliphatic hydroxyl groups is 5. The van der Waals surface area contributed by atoms with Gasteiger partial charge in [0.1, 0.15) is 104 Å². The third kappa shape index (κ3) is 24.6. The molecule has 12 bridgehead atoms. The minimum absolute atomic E-state index is 0.0355. The van der Waals surface area contributed by atoms with Crippen molar-refractivity contribution in [3.8, 4) is 0 Å². The monoisotopic (exact) mass is 2030 g/mol. The van der Waals surface area contributed by atoms with Crippen molar-refractivity contribution >= 4 is 82.3 Å². The maximum Gasteiger partial charge on any atom is 0.332 e. The lowest BCUT2D eigenvalue weighted by Gasteiger charge is -2.52. The van der Waals surface area contributed by atoms with Gasteiger partial charge in [-0.1, -0.05) is 147 Å². The van der Waals surface area contributed by atoms with Crippen molar-refractivity contribution in [3.63, 3.8) is 0 Å².